The molecule has 122 valence electrons. The van der Waals surface area contributed by atoms with E-state index in [0.717, 1.165) is 5.56 Å². The summed E-state index contributed by atoms with van der Waals surface area (Å²) in [6.45, 7) is 2.99. The van der Waals surface area contributed by atoms with Gasteiger partial charge in [-0.3, -0.25) is 5.32 Å². The van der Waals surface area contributed by atoms with Crippen LogP contribution in [0.4, 0.5) is 10.7 Å². The number of carbonyl (C=O) groups excluding carboxylic acids is 1. The summed E-state index contributed by atoms with van der Waals surface area (Å²) in [7, 11) is 1.60. The Kier molecular flexibility index (Phi) is 6.17. The first-order valence-electron chi connectivity index (χ1n) is 7.34. The minimum Gasteiger partial charge on any atom is -0.493 e. The Morgan fingerprint density at radius 3 is 2.70 bits per heavy atom. The van der Waals surface area contributed by atoms with Gasteiger partial charge in [-0.2, -0.15) is 0 Å². The summed E-state index contributed by atoms with van der Waals surface area (Å²) in [5.74, 6) is 1.67. The van der Waals surface area contributed by atoms with E-state index in [1.165, 1.54) is 0 Å². The predicted octanol–water partition coefficient (Wildman–Crippen LogP) is 2.25. The Hall–Kier alpha value is -2.83. The van der Waals surface area contributed by atoms with Crippen LogP contribution in [-0.2, 0) is 6.42 Å². The van der Waals surface area contributed by atoms with Crippen molar-refractivity contribution in [2.24, 2.45) is 0 Å². The van der Waals surface area contributed by atoms with Gasteiger partial charge in [0.1, 0.15) is 0 Å². The topological polar surface area (TPSA) is 85.4 Å². The van der Waals surface area contributed by atoms with Crippen molar-refractivity contribution in [3.8, 4) is 11.5 Å². The van der Waals surface area contributed by atoms with Gasteiger partial charge in [0.15, 0.2) is 11.5 Å². The van der Waals surface area contributed by atoms with Crippen LogP contribution in [0.25, 0.3) is 0 Å². The lowest BCUT2D eigenvalue weighted by molar-refractivity contribution is 0.252. The van der Waals surface area contributed by atoms with Crippen molar-refractivity contribution in [2.75, 3.05) is 25.6 Å². The molecule has 7 nitrogen and oxygen atoms in total. The molecule has 0 unspecified atom stereocenters. The molecule has 0 saturated heterocycles. The molecule has 0 saturated carbocycles. The number of benzene rings is 1. The Labute approximate surface area is 135 Å². The summed E-state index contributed by atoms with van der Waals surface area (Å²) in [6.07, 6.45) is 3.80. The lowest BCUT2D eigenvalue weighted by Gasteiger charge is -2.11. The van der Waals surface area contributed by atoms with E-state index in [4.69, 9.17) is 9.47 Å². The fourth-order valence-corrected chi connectivity index (χ4v) is 1.97. The molecule has 2 rings (SSSR count). The Bertz CT molecular complexity index is 634. The van der Waals surface area contributed by atoms with Gasteiger partial charge in [0.25, 0.3) is 0 Å². The zero-order valence-corrected chi connectivity index (χ0v) is 13.2. The van der Waals surface area contributed by atoms with Gasteiger partial charge in [-0.25, -0.2) is 14.8 Å². The van der Waals surface area contributed by atoms with Crippen LogP contribution in [-0.4, -0.2) is 36.3 Å². The van der Waals surface area contributed by atoms with Crippen LogP contribution in [0.15, 0.2) is 36.7 Å². The first-order chi connectivity index (χ1) is 11.2. The molecule has 0 aliphatic carbocycles. The summed E-state index contributed by atoms with van der Waals surface area (Å²) in [4.78, 5) is 19.6. The van der Waals surface area contributed by atoms with Crippen LogP contribution in [0.3, 0.4) is 0 Å². The Morgan fingerprint density at radius 1 is 1.22 bits per heavy atom. The van der Waals surface area contributed by atoms with Crippen molar-refractivity contribution < 1.29 is 14.3 Å². The van der Waals surface area contributed by atoms with Gasteiger partial charge < -0.3 is 14.8 Å². The summed E-state index contributed by atoms with van der Waals surface area (Å²) >= 11 is 0. The van der Waals surface area contributed by atoms with Gasteiger partial charge in [0.2, 0.25) is 5.95 Å². The maximum absolute atomic E-state index is 11.7. The summed E-state index contributed by atoms with van der Waals surface area (Å²) in [6, 6.07) is 7.07. The average molecular weight is 316 g/mol. The molecule has 0 aliphatic heterocycles. The minimum atomic E-state index is -0.339. The standard InChI is InChI=1S/C16H20N4O3/c1-3-23-13-6-5-12(11-14(13)22-2)7-10-19-16(21)20-15-17-8-4-9-18-15/h4-6,8-9,11H,3,7,10H2,1-2H3,(H2,17,18,19,20,21). The van der Waals surface area contributed by atoms with Crippen molar-refractivity contribution in [1.82, 2.24) is 15.3 Å². The summed E-state index contributed by atoms with van der Waals surface area (Å²) in [5, 5.41) is 5.31. The molecule has 0 radical (unpaired) electrons. The fraction of sp³-hybridized carbons (Fsp3) is 0.312. The average Bonchev–Trinajstić information content (AvgIpc) is 2.57. The summed E-state index contributed by atoms with van der Waals surface area (Å²) < 4.78 is 10.8. The molecule has 2 N–H and O–H groups in total. The molecule has 1 heterocycles. The minimum absolute atomic E-state index is 0.271. The third-order valence-corrected chi connectivity index (χ3v) is 3.02. The molecule has 0 bridgehead atoms. The molecule has 1 aromatic carbocycles. The number of nitrogens with zero attached hydrogens (tertiary/aromatic N) is 2. The van der Waals surface area contributed by atoms with Gasteiger partial charge >= 0.3 is 6.03 Å². The van der Waals surface area contributed by atoms with Gasteiger partial charge in [-0.1, -0.05) is 6.07 Å². The zero-order chi connectivity index (χ0) is 16.5. The highest BCUT2D eigenvalue weighted by Crippen LogP contribution is 2.28. The highest BCUT2D eigenvalue weighted by Gasteiger charge is 2.06. The number of aromatic nitrogens is 2. The molecule has 0 fully saturated rings. The highest BCUT2D eigenvalue weighted by atomic mass is 16.5. The van der Waals surface area contributed by atoms with E-state index < -0.39 is 0 Å². The van der Waals surface area contributed by atoms with Gasteiger partial charge in [-0.15, -0.1) is 0 Å². The van der Waals surface area contributed by atoms with Crippen LogP contribution in [0, 0.1) is 0 Å². The molecule has 1 aromatic heterocycles. The number of methoxy groups -OCH3 is 1. The number of amides is 2. The molecular formula is C16H20N4O3. The van der Waals surface area contributed by atoms with Crippen molar-refractivity contribution in [2.45, 2.75) is 13.3 Å². The molecule has 0 aliphatic rings. The second-order valence-corrected chi connectivity index (χ2v) is 4.62. The SMILES string of the molecule is CCOc1ccc(CCNC(=O)Nc2ncccn2)cc1OC. The molecule has 0 atom stereocenters. The lowest BCUT2D eigenvalue weighted by atomic mass is 10.1. The van der Waals surface area contributed by atoms with Crippen molar-refractivity contribution >= 4 is 12.0 Å². The normalized spacial score (nSPS) is 10.0. The molecule has 0 spiro atoms. The van der Waals surface area contributed by atoms with Crippen LogP contribution >= 0.6 is 0 Å². The van der Waals surface area contributed by atoms with E-state index in [9.17, 15) is 4.79 Å². The van der Waals surface area contributed by atoms with Crippen LogP contribution in [0.1, 0.15) is 12.5 Å². The smallest absolute Gasteiger partial charge is 0.321 e. The lowest BCUT2D eigenvalue weighted by Crippen LogP contribution is -2.31. The maximum Gasteiger partial charge on any atom is 0.321 e. The van der Waals surface area contributed by atoms with E-state index in [0.29, 0.717) is 31.1 Å². The molecular weight excluding hydrogens is 296 g/mol. The zero-order valence-electron chi connectivity index (χ0n) is 13.2. The van der Waals surface area contributed by atoms with Gasteiger partial charge in [0, 0.05) is 18.9 Å². The number of anilines is 1. The van der Waals surface area contributed by atoms with Crippen molar-refractivity contribution in [3.63, 3.8) is 0 Å². The first kappa shape index (κ1) is 16.5. The third kappa shape index (κ3) is 5.14. The van der Waals surface area contributed by atoms with E-state index in [1.807, 2.05) is 25.1 Å². The van der Waals surface area contributed by atoms with E-state index in [-0.39, 0.29) is 12.0 Å². The second kappa shape index (κ2) is 8.57. The summed E-state index contributed by atoms with van der Waals surface area (Å²) in [5.41, 5.74) is 1.04. The maximum atomic E-state index is 11.7. The first-order valence-corrected chi connectivity index (χ1v) is 7.34. The van der Waals surface area contributed by atoms with E-state index >= 15 is 0 Å². The number of hydrogen-bond acceptors (Lipinski definition) is 5. The number of carbonyl (C=O) groups is 1. The molecule has 2 amide bonds. The van der Waals surface area contributed by atoms with E-state index in [1.54, 1.807) is 25.6 Å². The van der Waals surface area contributed by atoms with Crippen LogP contribution in [0.2, 0.25) is 0 Å². The Balaban J connectivity index is 1.82. The Morgan fingerprint density at radius 2 is 2.00 bits per heavy atom. The number of nitrogens with one attached hydrogen (secondary N) is 2. The number of hydrogen-bond donors (Lipinski definition) is 2. The van der Waals surface area contributed by atoms with Crippen molar-refractivity contribution in [3.05, 3.63) is 42.2 Å². The van der Waals surface area contributed by atoms with Crippen LogP contribution < -0.4 is 20.1 Å². The third-order valence-electron chi connectivity index (χ3n) is 3.02. The molecule has 2 aromatic rings. The second-order valence-electron chi connectivity index (χ2n) is 4.62. The fourth-order valence-electron chi connectivity index (χ4n) is 1.97. The monoisotopic (exact) mass is 316 g/mol. The highest BCUT2D eigenvalue weighted by molar-refractivity contribution is 5.87. The number of ether oxygens (including phenoxy) is 2. The van der Waals surface area contributed by atoms with E-state index in [2.05, 4.69) is 20.6 Å². The largest absolute Gasteiger partial charge is 0.493 e. The predicted molar refractivity (Wildman–Crippen MR) is 86.9 cm³/mol. The number of urea groups is 1. The van der Waals surface area contributed by atoms with Crippen LogP contribution in [0.5, 0.6) is 11.5 Å². The molecule has 23 heavy (non-hydrogen) atoms. The van der Waals surface area contributed by atoms with Crippen molar-refractivity contribution in [1.29, 1.82) is 0 Å². The quantitative estimate of drug-likeness (QED) is 0.818. The molecule has 7 heteroatoms. The van der Waals surface area contributed by atoms with Gasteiger partial charge in [0.05, 0.1) is 13.7 Å². The van der Waals surface area contributed by atoms with Gasteiger partial charge in [-0.05, 0) is 37.1 Å². The number of rotatable bonds is 7.